The average Bonchev–Trinajstić information content (AvgIpc) is 1.96. The van der Waals surface area contributed by atoms with Crippen LogP contribution in [0.25, 0.3) is 0 Å². The van der Waals surface area contributed by atoms with Crippen molar-refractivity contribution in [3.05, 3.63) is 0 Å². The Balaban J connectivity index is 0. The van der Waals surface area contributed by atoms with Crippen LogP contribution in [-0.4, -0.2) is 66.8 Å². The summed E-state index contributed by atoms with van der Waals surface area (Å²) in [6.45, 7) is -0.178. The van der Waals surface area contributed by atoms with Crippen LogP contribution in [-0.2, 0) is 9.59 Å². The molecule has 0 saturated carbocycles. The van der Waals surface area contributed by atoms with Gasteiger partial charge < -0.3 is 26.2 Å². The van der Waals surface area contributed by atoms with Crippen LogP contribution in [0.1, 0.15) is 0 Å². The minimum Gasteiger partial charge on any atom is -0.480 e. The highest BCUT2D eigenvalue weighted by molar-refractivity contribution is 5.79. The summed E-state index contributed by atoms with van der Waals surface area (Å²) >= 11 is 0. The third kappa shape index (κ3) is 22.7. The molecule has 0 spiro atoms. The van der Waals surface area contributed by atoms with Crippen molar-refractivity contribution in [3.63, 3.8) is 0 Å². The summed E-state index contributed by atoms with van der Waals surface area (Å²) in [6, 6.07) is 0. The zero-order valence-electron chi connectivity index (χ0n) is 9.67. The number of carbonyl (C=O) groups is 2. The van der Waals surface area contributed by atoms with Gasteiger partial charge >= 0.3 is 11.9 Å². The number of nitrogens with zero attached hydrogens (tertiary/aromatic N) is 2. The van der Waals surface area contributed by atoms with Gasteiger partial charge in [0.25, 0.3) is 0 Å². The van der Waals surface area contributed by atoms with Crippen molar-refractivity contribution in [2.75, 3.05) is 34.2 Å². The molecular weight excluding hydrogens is 216 g/mol. The second-order valence-electron chi connectivity index (χ2n) is 3.98. The van der Waals surface area contributed by atoms with Crippen LogP contribution in [0.5, 0.6) is 0 Å². The van der Waals surface area contributed by atoms with E-state index in [2.05, 4.69) is 4.99 Å². The van der Waals surface area contributed by atoms with Gasteiger partial charge in [0.15, 0.2) is 12.5 Å². The zero-order chi connectivity index (χ0) is 13.4. The Kier molecular flexibility index (Phi) is 7.74. The molecule has 8 heteroatoms. The summed E-state index contributed by atoms with van der Waals surface area (Å²) < 4.78 is 0.481. The number of hydrogen-bond acceptors (Lipinski definition) is 3. The van der Waals surface area contributed by atoms with E-state index in [1.807, 2.05) is 21.1 Å². The number of quaternary nitrogens is 1. The Morgan fingerprint density at radius 2 is 1.56 bits per heavy atom. The Morgan fingerprint density at radius 1 is 1.12 bits per heavy atom. The fourth-order valence-electron chi connectivity index (χ4n) is 0.565. The smallest absolute Gasteiger partial charge is 0.359 e. The van der Waals surface area contributed by atoms with Crippen LogP contribution >= 0.6 is 0 Å². The number of guanidine groups is 1. The molecule has 0 aliphatic heterocycles. The molecule has 0 fully saturated rings. The standard InChI is InChI=1S/C5H11NO2.C3H7N3O2/c1-6(2,3)4-5(7)8;4-3(5)6-1-2(7)8/h4H2,1-3H3;1H2,(H,7,8)(H4,4,5,6)/p+1. The normalized spacial score (nSPS) is 9.69. The molecule has 0 atom stereocenters. The molecule has 16 heavy (non-hydrogen) atoms. The molecule has 0 aliphatic rings. The average molecular weight is 235 g/mol. The fraction of sp³-hybridized carbons (Fsp3) is 0.625. The maximum atomic E-state index is 10.00. The highest BCUT2D eigenvalue weighted by Crippen LogP contribution is 1.86. The molecule has 0 unspecified atom stereocenters. The van der Waals surface area contributed by atoms with Crippen molar-refractivity contribution in [3.8, 4) is 0 Å². The summed E-state index contributed by atoms with van der Waals surface area (Å²) in [5, 5.41) is 16.2. The van der Waals surface area contributed by atoms with E-state index < -0.39 is 11.9 Å². The molecule has 0 amide bonds. The van der Waals surface area contributed by atoms with Crippen LogP contribution in [0, 0.1) is 0 Å². The van der Waals surface area contributed by atoms with E-state index in [4.69, 9.17) is 21.7 Å². The van der Waals surface area contributed by atoms with E-state index in [1.54, 1.807) is 0 Å². The second kappa shape index (κ2) is 7.46. The second-order valence-corrected chi connectivity index (χ2v) is 3.98. The number of nitrogens with two attached hydrogens (primary N) is 2. The summed E-state index contributed by atoms with van der Waals surface area (Å²) in [4.78, 5) is 22.9. The van der Waals surface area contributed by atoms with E-state index in [0.717, 1.165) is 0 Å². The Labute approximate surface area is 93.8 Å². The first-order chi connectivity index (χ1) is 7.04. The molecule has 8 nitrogen and oxygen atoms in total. The molecule has 94 valence electrons. The first-order valence-corrected chi connectivity index (χ1v) is 4.34. The van der Waals surface area contributed by atoms with Gasteiger partial charge in [0.2, 0.25) is 0 Å². The molecule has 0 aromatic heterocycles. The number of aliphatic imine (C=N–C) groups is 1. The Hall–Kier alpha value is -1.83. The van der Waals surface area contributed by atoms with Crippen molar-refractivity contribution in [2.45, 2.75) is 0 Å². The number of aliphatic carboxylic acids is 2. The number of hydrogen-bond donors (Lipinski definition) is 4. The first-order valence-electron chi connectivity index (χ1n) is 4.34. The maximum Gasteiger partial charge on any atom is 0.359 e. The third-order valence-corrected chi connectivity index (χ3v) is 1.01. The van der Waals surface area contributed by atoms with Crippen molar-refractivity contribution in [2.24, 2.45) is 16.5 Å². The van der Waals surface area contributed by atoms with Gasteiger partial charge in [0.1, 0.15) is 6.54 Å². The SMILES string of the molecule is C[N+](C)(C)CC(=O)O.NC(N)=NCC(=O)O. The molecule has 0 bridgehead atoms. The van der Waals surface area contributed by atoms with E-state index in [9.17, 15) is 9.59 Å². The number of rotatable bonds is 4. The van der Waals surface area contributed by atoms with Crippen LogP contribution in [0.15, 0.2) is 4.99 Å². The van der Waals surface area contributed by atoms with E-state index in [1.165, 1.54) is 0 Å². The summed E-state index contributed by atoms with van der Waals surface area (Å²) in [5.41, 5.74) is 9.61. The van der Waals surface area contributed by atoms with E-state index in [0.29, 0.717) is 4.48 Å². The molecule has 0 rings (SSSR count). The third-order valence-electron chi connectivity index (χ3n) is 1.01. The molecule has 0 saturated heterocycles. The topological polar surface area (TPSA) is 139 Å². The van der Waals surface area contributed by atoms with E-state index >= 15 is 0 Å². The minimum atomic E-state index is -1.04. The lowest BCUT2D eigenvalue weighted by molar-refractivity contribution is -0.862. The van der Waals surface area contributed by atoms with Crippen LogP contribution in [0.2, 0.25) is 0 Å². The van der Waals surface area contributed by atoms with E-state index in [-0.39, 0.29) is 19.0 Å². The molecule has 6 N–H and O–H groups in total. The lowest BCUT2D eigenvalue weighted by atomic mass is 10.5. The zero-order valence-corrected chi connectivity index (χ0v) is 9.67. The Bertz CT molecular complexity index is 266. The van der Waals surface area contributed by atoms with Gasteiger partial charge in [0, 0.05) is 0 Å². The van der Waals surface area contributed by atoms with Gasteiger partial charge in [-0.05, 0) is 0 Å². The van der Waals surface area contributed by atoms with Gasteiger partial charge in [-0.15, -0.1) is 0 Å². The molecule has 0 heterocycles. The van der Waals surface area contributed by atoms with Crippen molar-refractivity contribution in [1.82, 2.24) is 0 Å². The summed E-state index contributed by atoms with van der Waals surface area (Å²) in [7, 11) is 5.52. The van der Waals surface area contributed by atoms with Gasteiger partial charge in [0.05, 0.1) is 21.1 Å². The van der Waals surface area contributed by atoms with Crippen molar-refractivity contribution < 1.29 is 24.3 Å². The largest absolute Gasteiger partial charge is 0.480 e. The molecular formula is C8H19N4O4+. The van der Waals surface area contributed by atoms with Gasteiger partial charge in [-0.2, -0.15) is 0 Å². The lowest BCUT2D eigenvalue weighted by Gasteiger charge is -2.20. The predicted molar refractivity (Wildman–Crippen MR) is 58.8 cm³/mol. The summed E-state index contributed by atoms with van der Waals surface area (Å²) in [6.07, 6.45) is 0. The quantitative estimate of drug-likeness (QED) is 0.255. The first kappa shape index (κ1) is 16.6. The van der Waals surface area contributed by atoms with Crippen molar-refractivity contribution in [1.29, 1.82) is 0 Å². The maximum absolute atomic E-state index is 10.00. The molecule has 0 aromatic rings. The predicted octanol–water partition coefficient (Wildman–Crippen LogP) is -1.88. The minimum absolute atomic E-state index is 0.181. The summed E-state index contributed by atoms with van der Waals surface area (Å²) in [5.74, 6) is -2.00. The number of carboxylic acid groups (broad SMARTS) is 2. The molecule has 0 aliphatic carbocycles. The monoisotopic (exact) mass is 235 g/mol. The lowest BCUT2D eigenvalue weighted by Crippen LogP contribution is -2.39. The van der Waals surface area contributed by atoms with Crippen LogP contribution < -0.4 is 11.5 Å². The fourth-order valence-corrected chi connectivity index (χ4v) is 0.565. The van der Waals surface area contributed by atoms with Crippen molar-refractivity contribution >= 4 is 17.9 Å². The van der Waals surface area contributed by atoms with Crippen LogP contribution in [0.3, 0.4) is 0 Å². The molecule has 0 aromatic carbocycles. The highest BCUT2D eigenvalue weighted by atomic mass is 16.4. The van der Waals surface area contributed by atoms with Crippen LogP contribution in [0.4, 0.5) is 0 Å². The van der Waals surface area contributed by atoms with Gasteiger partial charge in [-0.3, -0.25) is 4.79 Å². The van der Waals surface area contributed by atoms with Gasteiger partial charge in [-0.25, -0.2) is 9.79 Å². The molecule has 0 radical (unpaired) electrons. The number of carboxylic acids is 2. The highest BCUT2D eigenvalue weighted by Gasteiger charge is 2.11. The van der Waals surface area contributed by atoms with Gasteiger partial charge in [-0.1, -0.05) is 0 Å². The Morgan fingerprint density at radius 3 is 1.62 bits per heavy atom. The number of likely N-dealkylation sites (N-methyl/N-ethyl adjacent to an activating group) is 1.